The number of ether oxygens (including phenoxy) is 4. The van der Waals surface area contributed by atoms with Crippen LogP contribution in [0.4, 0.5) is 0 Å². The van der Waals surface area contributed by atoms with E-state index in [2.05, 4.69) is 31.9 Å². The van der Waals surface area contributed by atoms with Crippen molar-refractivity contribution >= 4 is 66.2 Å². The monoisotopic (exact) mass is 646 g/mol. The van der Waals surface area contributed by atoms with Gasteiger partial charge in [0.1, 0.15) is 0 Å². The zero-order valence-corrected chi connectivity index (χ0v) is 23.8. The number of hydrogen-bond donors (Lipinski definition) is 0. The summed E-state index contributed by atoms with van der Waals surface area (Å²) in [6.45, 7) is 4.03. The third-order valence-electron chi connectivity index (χ3n) is 5.18. The quantitative estimate of drug-likeness (QED) is 0.142. The maximum absolute atomic E-state index is 13.1. The molecular formula is C28H21Br2ClO6. The van der Waals surface area contributed by atoms with Crippen molar-refractivity contribution in [3.05, 3.63) is 91.8 Å². The second kappa shape index (κ2) is 12.0. The van der Waals surface area contributed by atoms with Crippen LogP contribution in [-0.2, 0) is 0 Å². The predicted octanol–water partition coefficient (Wildman–Crippen LogP) is 8.25. The average molecular weight is 649 g/mol. The van der Waals surface area contributed by atoms with Gasteiger partial charge in [0.15, 0.2) is 11.5 Å². The van der Waals surface area contributed by atoms with Crippen LogP contribution in [0.15, 0.2) is 75.7 Å². The lowest BCUT2D eigenvalue weighted by atomic mass is 10.1. The Kier molecular flexibility index (Phi) is 8.74. The molecule has 9 heteroatoms. The Hall–Kier alpha value is -3.07. The number of carbonyl (C=O) groups is 2. The van der Waals surface area contributed by atoms with Gasteiger partial charge in [-0.3, -0.25) is 0 Å². The second-order valence-electron chi connectivity index (χ2n) is 7.67. The molecule has 0 aromatic heterocycles. The zero-order chi connectivity index (χ0) is 26.5. The molecule has 0 aliphatic heterocycles. The van der Waals surface area contributed by atoms with Gasteiger partial charge in [0, 0.05) is 24.7 Å². The maximum Gasteiger partial charge on any atom is 0.343 e. The Morgan fingerprint density at radius 2 is 1.16 bits per heavy atom. The summed E-state index contributed by atoms with van der Waals surface area (Å²) >= 11 is 13.1. The number of benzene rings is 4. The fraction of sp³-hybridized carbons (Fsp3) is 0.143. The van der Waals surface area contributed by atoms with Crippen molar-refractivity contribution in [1.82, 2.24) is 0 Å². The molecule has 4 rings (SSSR count). The SMILES string of the molecule is CCOc1c(OCC)c(OC(=O)c2cccc(Br)c2)c2cc(Cl)ccc2c1OC(=O)c1cccc(Br)c1. The molecule has 0 N–H and O–H groups in total. The minimum absolute atomic E-state index is 0.107. The summed E-state index contributed by atoms with van der Waals surface area (Å²) in [5.74, 6) is -0.706. The molecule has 0 aliphatic rings. The smallest absolute Gasteiger partial charge is 0.343 e. The fourth-order valence-corrected chi connectivity index (χ4v) is 4.61. The lowest BCUT2D eigenvalue weighted by Crippen LogP contribution is -2.13. The Morgan fingerprint density at radius 3 is 1.62 bits per heavy atom. The molecule has 0 atom stereocenters. The number of esters is 2. The summed E-state index contributed by atoms with van der Waals surface area (Å²) in [6.07, 6.45) is 0. The molecule has 0 spiro atoms. The first kappa shape index (κ1) is 27.0. The molecule has 0 amide bonds. The highest BCUT2D eigenvalue weighted by Gasteiger charge is 2.28. The summed E-state index contributed by atoms with van der Waals surface area (Å²) in [5, 5.41) is 1.26. The maximum atomic E-state index is 13.1. The molecule has 4 aromatic rings. The molecule has 0 saturated heterocycles. The Labute approximate surface area is 235 Å². The van der Waals surface area contributed by atoms with E-state index in [1.54, 1.807) is 80.6 Å². The molecule has 0 fully saturated rings. The van der Waals surface area contributed by atoms with Crippen molar-refractivity contribution in [1.29, 1.82) is 0 Å². The van der Waals surface area contributed by atoms with Crippen LogP contribution < -0.4 is 18.9 Å². The first-order chi connectivity index (χ1) is 17.8. The van der Waals surface area contributed by atoms with Crippen LogP contribution in [0.3, 0.4) is 0 Å². The van der Waals surface area contributed by atoms with E-state index in [9.17, 15) is 9.59 Å². The summed E-state index contributed by atoms with van der Waals surface area (Å²) < 4.78 is 25.1. The Bertz CT molecular complexity index is 1490. The minimum Gasteiger partial charge on any atom is -0.487 e. The molecular weight excluding hydrogens is 628 g/mol. The molecule has 37 heavy (non-hydrogen) atoms. The van der Waals surface area contributed by atoms with Gasteiger partial charge in [-0.15, -0.1) is 0 Å². The van der Waals surface area contributed by atoms with Crippen LogP contribution >= 0.6 is 43.5 Å². The van der Waals surface area contributed by atoms with Crippen molar-refractivity contribution in [3.63, 3.8) is 0 Å². The van der Waals surface area contributed by atoms with Crippen molar-refractivity contribution in [2.75, 3.05) is 13.2 Å². The van der Waals surface area contributed by atoms with Gasteiger partial charge >= 0.3 is 11.9 Å². The third kappa shape index (κ3) is 6.09. The molecule has 0 heterocycles. The highest BCUT2D eigenvalue weighted by Crippen LogP contribution is 2.52. The number of halogens is 3. The molecule has 0 aliphatic carbocycles. The van der Waals surface area contributed by atoms with Gasteiger partial charge in [-0.2, -0.15) is 0 Å². The lowest BCUT2D eigenvalue weighted by Gasteiger charge is -2.21. The van der Waals surface area contributed by atoms with E-state index in [1.807, 2.05) is 0 Å². The molecule has 0 bridgehead atoms. The van der Waals surface area contributed by atoms with Gasteiger partial charge in [-0.1, -0.05) is 55.6 Å². The van der Waals surface area contributed by atoms with E-state index in [1.165, 1.54) is 0 Å². The second-order valence-corrected chi connectivity index (χ2v) is 9.94. The van der Waals surface area contributed by atoms with E-state index in [0.717, 1.165) is 8.95 Å². The average Bonchev–Trinajstić information content (AvgIpc) is 2.87. The topological polar surface area (TPSA) is 71.1 Å². The summed E-state index contributed by atoms with van der Waals surface area (Å²) in [5.41, 5.74) is 0.664. The summed E-state index contributed by atoms with van der Waals surface area (Å²) in [6, 6.07) is 18.6. The molecule has 0 radical (unpaired) electrons. The van der Waals surface area contributed by atoms with E-state index < -0.39 is 11.9 Å². The van der Waals surface area contributed by atoms with Crippen LogP contribution in [0.25, 0.3) is 10.8 Å². The van der Waals surface area contributed by atoms with Crippen molar-refractivity contribution < 1.29 is 28.5 Å². The van der Waals surface area contributed by atoms with Crippen LogP contribution in [0.5, 0.6) is 23.0 Å². The molecule has 4 aromatic carbocycles. The van der Waals surface area contributed by atoms with Gasteiger partial charge in [-0.05, 0) is 68.4 Å². The van der Waals surface area contributed by atoms with Gasteiger partial charge in [-0.25, -0.2) is 9.59 Å². The largest absolute Gasteiger partial charge is 0.487 e. The fourth-order valence-electron chi connectivity index (χ4n) is 3.64. The number of rotatable bonds is 8. The van der Waals surface area contributed by atoms with Crippen LogP contribution in [0.1, 0.15) is 34.6 Å². The summed E-state index contributed by atoms with van der Waals surface area (Å²) in [7, 11) is 0. The van der Waals surface area contributed by atoms with Crippen LogP contribution in [0, 0.1) is 0 Å². The normalized spacial score (nSPS) is 10.7. The van der Waals surface area contributed by atoms with Crippen LogP contribution in [0.2, 0.25) is 5.02 Å². The first-order valence-corrected chi connectivity index (χ1v) is 13.3. The van der Waals surface area contributed by atoms with Crippen molar-refractivity contribution in [2.24, 2.45) is 0 Å². The van der Waals surface area contributed by atoms with E-state index in [0.29, 0.717) is 26.9 Å². The minimum atomic E-state index is -0.607. The zero-order valence-electron chi connectivity index (χ0n) is 19.8. The third-order valence-corrected chi connectivity index (χ3v) is 6.40. The highest BCUT2D eigenvalue weighted by atomic mass is 79.9. The number of carbonyl (C=O) groups excluding carboxylic acids is 2. The summed E-state index contributed by atoms with van der Waals surface area (Å²) in [4.78, 5) is 26.3. The Balaban J connectivity index is 1.92. The first-order valence-electron chi connectivity index (χ1n) is 11.3. The van der Waals surface area contributed by atoms with Crippen molar-refractivity contribution in [3.8, 4) is 23.0 Å². The molecule has 0 unspecified atom stereocenters. The van der Waals surface area contributed by atoms with Crippen molar-refractivity contribution in [2.45, 2.75) is 13.8 Å². The standard InChI is InChI=1S/C28H21Br2ClO6/c1-3-34-25-23(36-27(32)16-7-5-9-18(29)13-16)21-12-11-20(31)15-22(21)24(26(25)35-4-2)37-28(33)17-8-6-10-19(30)14-17/h5-15H,3-4H2,1-2H3. The molecule has 0 saturated carbocycles. The van der Waals surface area contributed by atoms with Crippen LogP contribution in [-0.4, -0.2) is 25.2 Å². The number of fused-ring (bicyclic) bond motifs is 1. The van der Waals surface area contributed by atoms with Gasteiger partial charge in [0.2, 0.25) is 11.5 Å². The van der Waals surface area contributed by atoms with Gasteiger partial charge < -0.3 is 18.9 Å². The van der Waals surface area contributed by atoms with Gasteiger partial charge in [0.05, 0.1) is 24.3 Å². The van der Waals surface area contributed by atoms with Gasteiger partial charge in [0.25, 0.3) is 0 Å². The lowest BCUT2D eigenvalue weighted by molar-refractivity contribution is 0.0712. The number of hydrogen-bond acceptors (Lipinski definition) is 6. The Morgan fingerprint density at radius 1 is 0.676 bits per heavy atom. The molecule has 190 valence electrons. The van der Waals surface area contributed by atoms with E-state index in [4.69, 9.17) is 30.5 Å². The van der Waals surface area contributed by atoms with E-state index >= 15 is 0 Å². The van der Waals surface area contributed by atoms with E-state index in [-0.39, 0.29) is 36.2 Å². The molecule has 6 nitrogen and oxygen atoms in total. The highest BCUT2D eigenvalue weighted by molar-refractivity contribution is 9.10. The predicted molar refractivity (Wildman–Crippen MR) is 149 cm³/mol.